The number of likely N-dealkylation sites (tertiary alicyclic amines) is 1. The average molecular weight is 553 g/mol. The number of H-pyrrole nitrogens is 1. The molecule has 1 aliphatic heterocycles. The van der Waals surface area contributed by atoms with Gasteiger partial charge in [0.2, 0.25) is 5.78 Å². The van der Waals surface area contributed by atoms with Crippen molar-refractivity contribution in [1.29, 1.82) is 0 Å². The van der Waals surface area contributed by atoms with Crippen LogP contribution in [0.25, 0.3) is 5.76 Å². The summed E-state index contributed by atoms with van der Waals surface area (Å²) >= 11 is 0. The summed E-state index contributed by atoms with van der Waals surface area (Å²) in [5.41, 5.74) is 1.46. The molecule has 1 unspecified atom stereocenters. The number of piperidine rings is 1. The van der Waals surface area contributed by atoms with E-state index in [0.717, 1.165) is 18.7 Å². The number of aromatic amines is 1. The van der Waals surface area contributed by atoms with Gasteiger partial charge in [0, 0.05) is 53.9 Å². The number of Topliss-reactive ketones (excluding diaryl/α,β-unsaturated/α-hetero) is 2. The minimum Gasteiger partial charge on any atom is -0.508 e. The molecule has 11 nitrogen and oxygen atoms in total. The van der Waals surface area contributed by atoms with Crippen molar-refractivity contribution in [3.63, 3.8) is 0 Å². The highest BCUT2D eigenvalue weighted by Crippen LogP contribution is 2.52. The summed E-state index contributed by atoms with van der Waals surface area (Å²) in [6, 6.07) is 1.23. The van der Waals surface area contributed by atoms with Gasteiger partial charge in [0.1, 0.15) is 34.5 Å². The van der Waals surface area contributed by atoms with Crippen molar-refractivity contribution in [2.45, 2.75) is 50.2 Å². The fraction of sp³-hybridized carbons (Fsp3) is 0.429. The van der Waals surface area contributed by atoms with Crippen molar-refractivity contribution in [3.05, 3.63) is 63.7 Å². The van der Waals surface area contributed by atoms with Crippen molar-refractivity contribution in [2.24, 2.45) is 17.6 Å². The van der Waals surface area contributed by atoms with E-state index in [1.54, 1.807) is 12.4 Å². The predicted octanol–water partition coefficient (Wildman–Crippen LogP) is 1.67. The number of carbonyl (C=O) groups excluding carboxylic acids is 3. The Kier molecular flexibility index (Phi) is 6.07. The molecule has 7 N–H and O–H groups in total. The van der Waals surface area contributed by atoms with Crippen LogP contribution in [0.1, 0.15) is 54.1 Å². The first-order valence-corrected chi connectivity index (χ1v) is 13.2. The summed E-state index contributed by atoms with van der Waals surface area (Å²) in [5.74, 6) is -6.72. The Balaban J connectivity index is 1.32. The van der Waals surface area contributed by atoms with E-state index in [-0.39, 0.29) is 47.6 Å². The topological polar surface area (TPSA) is 190 Å². The lowest BCUT2D eigenvalue weighted by Crippen LogP contribution is -2.58. The lowest BCUT2D eigenvalue weighted by atomic mass is 9.59. The SMILES string of the molecule is NC(=O)C1=C(O)[C@@]2(O)C(=O)C3=C(O)c4c(O)cc(CN5CCC(c6ncc[nH]6)CC5)c(F)c4CC3C[C@H]2CC1=O. The number of fused-ring (bicyclic) bond motifs is 3. The van der Waals surface area contributed by atoms with Crippen LogP contribution in [-0.2, 0) is 27.3 Å². The quantitative estimate of drug-likeness (QED) is 0.306. The van der Waals surface area contributed by atoms with Crippen LogP contribution in [0.15, 0.2) is 35.4 Å². The summed E-state index contributed by atoms with van der Waals surface area (Å²) in [7, 11) is 0. The van der Waals surface area contributed by atoms with Crippen molar-refractivity contribution in [1.82, 2.24) is 14.9 Å². The number of phenols is 1. The Bertz CT molecular complexity index is 1510. The monoisotopic (exact) mass is 552 g/mol. The Hall–Kier alpha value is -4.03. The zero-order chi connectivity index (χ0) is 28.5. The molecule has 6 rings (SSSR count). The number of amides is 1. The maximum atomic E-state index is 15.9. The number of nitrogens with zero attached hydrogens (tertiary/aromatic N) is 2. The Morgan fingerprint density at radius 1 is 1.18 bits per heavy atom. The van der Waals surface area contributed by atoms with E-state index < -0.39 is 70.0 Å². The first-order valence-electron chi connectivity index (χ1n) is 13.2. The van der Waals surface area contributed by atoms with Crippen molar-refractivity contribution >= 4 is 23.2 Å². The Morgan fingerprint density at radius 2 is 1.90 bits per heavy atom. The number of imidazole rings is 1. The number of hydrogen-bond donors (Lipinski definition) is 6. The number of aliphatic hydroxyl groups excluding tert-OH is 2. The zero-order valence-corrected chi connectivity index (χ0v) is 21.5. The first-order chi connectivity index (χ1) is 19.0. The van der Waals surface area contributed by atoms with E-state index in [0.29, 0.717) is 13.1 Å². The molecule has 1 aromatic carbocycles. The Morgan fingerprint density at radius 3 is 2.55 bits per heavy atom. The third-order valence-electron chi connectivity index (χ3n) is 8.96. The van der Waals surface area contributed by atoms with Gasteiger partial charge in [0.25, 0.3) is 5.91 Å². The zero-order valence-electron chi connectivity index (χ0n) is 21.5. The minimum absolute atomic E-state index is 0.0460. The third-order valence-corrected chi connectivity index (χ3v) is 8.96. The van der Waals surface area contributed by atoms with E-state index in [1.165, 1.54) is 6.07 Å². The van der Waals surface area contributed by atoms with E-state index in [1.807, 2.05) is 0 Å². The molecule has 1 amide bonds. The summed E-state index contributed by atoms with van der Waals surface area (Å²) in [4.78, 5) is 47.3. The molecule has 12 heteroatoms. The maximum absolute atomic E-state index is 15.9. The number of primary amides is 1. The molecule has 2 fully saturated rings. The molecular weight excluding hydrogens is 523 g/mol. The predicted molar refractivity (Wildman–Crippen MR) is 137 cm³/mol. The third kappa shape index (κ3) is 3.77. The molecule has 2 heterocycles. The molecule has 2 aromatic rings. The second-order valence-corrected chi connectivity index (χ2v) is 11.2. The van der Waals surface area contributed by atoms with E-state index in [2.05, 4.69) is 14.9 Å². The number of nitrogens with two attached hydrogens (primary N) is 1. The normalized spacial score (nSPS) is 27.4. The number of phenolic OH excluding ortho intramolecular Hbond substituents is 1. The number of aromatic nitrogens is 2. The van der Waals surface area contributed by atoms with E-state index in [9.17, 15) is 34.8 Å². The molecule has 1 saturated carbocycles. The number of halogens is 1. The van der Waals surface area contributed by atoms with Crippen LogP contribution in [0.3, 0.4) is 0 Å². The van der Waals surface area contributed by atoms with Crippen molar-refractivity contribution in [2.75, 3.05) is 13.1 Å². The maximum Gasteiger partial charge on any atom is 0.255 e. The standard InChI is InChI=1S/C28H29FN4O7/c29-22-14(11-33-5-1-12(2-6-33)27-31-3-4-32-27)9-17(34)20-16(22)8-13-7-15-10-18(35)21(26(30)39)25(38)28(15,40)24(37)19(13)23(20)36/h3-4,9,12-13,15,34,36,38,40H,1-2,5-8,10-11H2,(H2,30,39)(H,31,32)/t13?,15-,28-/m0/s1. The molecule has 1 aromatic heterocycles. The van der Waals surface area contributed by atoms with Gasteiger partial charge in [-0.05, 0) is 50.8 Å². The van der Waals surface area contributed by atoms with Crippen LogP contribution in [0.2, 0.25) is 0 Å². The summed E-state index contributed by atoms with van der Waals surface area (Å²) in [6.45, 7) is 1.64. The molecule has 210 valence electrons. The summed E-state index contributed by atoms with van der Waals surface area (Å²) < 4.78 is 15.9. The second kappa shape index (κ2) is 9.27. The number of aromatic hydroxyl groups is 1. The van der Waals surface area contributed by atoms with Gasteiger partial charge >= 0.3 is 0 Å². The highest BCUT2D eigenvalue weighted by molar-refractivity contribution is 6.22. The fourth-order valence-corrected chi connectivity index (χ4v) is 6.95. The van der Waals surface area contributed by atoms with Gasteiger partial charge in [0.15, 0.2) is 11.4 Å². The molecule has 1 saturated heterocycles. The second-order valence-electron chi connectivity index (χ2n) is 11.2. The summed E-state index contributed by atoms with van der Waals surface area (Å²) in [6.07, 6.45) is 4.63. The number of ketones is 2. The molecule has 0 radical (unpaired) electrons. The number of aliphatic hydroxyl groups is 3. The van der Waals surface area contributed by atoms with E-state index >= 15 is 4.39 Å². The highest BCUT2D eigenvalue weighted by atomic mass is 19.1. The first kappa shape index (κ1) is 26.2. The van der Waals surface area contributed by atoms with Gasteiger partial charge in [-0.2, -0.15) is 0 Å². The van der Waals surface area contributed by atoms with Gasteiger partial charge in [-0.15, -0.1) is 0 Å². The summed E-state index contributed by atoms with van der Waals surface area (Å²) in [5, 5.41) is 43.9. The molecule has 0 bridgehead atoms. The highest BCUT2D eigenvalue weighted by Gasteiger charge is 2.60. The van der Waals surface area contributed by atoms with Crippen molar-refractivity contribution < 1.29 is 39.2 Å². The largest absolute Gasteiger partial charge is 0.508 e. The molecule has 3 aliphatic carbocycles. The van der Waals surface area contributed by atoms with Gasteiger partial charge in [-0.3, -0.25) is 19.3 Å². The van der Waals surface area contributed by atoms with Crippen LogP contribution < -0.4 is 5.73 Å². The number of benzene rings is 1. The Labute approximate surface area is 227 Å². The number of carbonyl (C=O) groups is 3. The van der Waals surface area contributed by atoms with Gasteiger partial charge in [0.05, 0.1) is 5.56 Å². The van der Waals surface area contributed by atoms with Crippen molar-refractivity contribution in [3.8, 4) is 5.75 Å². The van der Waals surface area contributed by atoms with E-state index in [4.69, 9.17) is 5.73 Å². The van der Waals surface area contributed by atoms with Crippen LogP contribution in [0.5, 0.6) is 5.75 Å². The lowest BCUT2D eigenvalue weighted by molar-refractivity contribution is -0.147. The van der Waals surface area contributed by atoms with Gasteiger partial charge < -0.3 is 31.1 Å². The van der Waals surface area contributed by atoms with Crippen LogP contribution in [0, 0.1) is 17.7 Å². The smallest absolute Gasteiger partial charge is 0.255 e. The van der Waals surface area contributed by atoms with Crippen LogP contribution in [0.4, 0.5) is 4.39 Å². The number of nitrogens with one attached hydrogen (secondary N) is 1. The minimum atomic E-state index is -2.65. The molecule has 40 heavy (non-hydrogen) atoms. The fourth-order valence-electron chi connectivity index (χ4n) is 6.95. The lowest BCUT2D eigenvalue weighted by Gasteiger charge is -2.46. The molecule has 4 aliphatic rings. The molecule has 0 spiro atoms. The molecule has 3 atom stereocenters. The molecular formula is C28H29FN4O7. The van der Waals surface area contributed by atoms with Crippen LogP contribution >= 0.6 is 0 Å². The van der Waals surface area contributed by atoms with Crippen LogP contribution in [-0.4, -0.2) is 71.5 Å². The average Bonchev–Trinajstić information content (AvgIpc) is 3.44. The number of hydrogen-bond acceptors (Lipinski definition) is 9. The van der Waals surface area contributed by atoms with Gasteiger partial charge in [-0.25, -0.2) is 9.37 Å². The number of rotatable bonds is 4. The van der Waals surface area contributed by atoms with Gasteiger partial charge in [-0.1, -0.05) is 0 Å².